The van der Waals surface area contributed by atoms with Crippen LogP contribution in [0.3, 0.4) is 0 Å². The lowest BCUT2D eigenvalue weighted by Gasteiger charge is -2.20. The number of benzene rings is 1. The summed E-state index contributed by atoms with van der Waals surface area (Å²) >= 11 is 0. The number of pyridine rings is 2. The average molecular weight is 461 g/mol. The van der Waals surface area contributed by atoms with E-state index in [4.69, 9.17) is 9.72 Å². The molecule has 8 heteroatoms. The number of amides is 1. The Kier molecular flexibility index (Phi) is 5.91. The van der Waals surface area contributed by atoms with Crippen molar-refractivity contribution < 1.29 is 14.3 Å². The molecule has 0 unspecified atom stereocenters. The lowest BCUT2D eigenvalue weighted by Crippen LogP contribution is -2.42. The van der Waals surface area contributed by atoms with Crippen LogP contribution in [-0.4, -0.2) is 40.6 Å². The van der Waals surface area contributed by atoms with Crippen LogP contribution in [0.4, 0.5) is 0 Å². The van der Waals surface area contributed by atoms with Crippen molar-refractivity contribution in [1.82, 2.24) is 20.2 Å². The molecule has 0 bridgehead atoms. The fourth-order valence-electron chi connectivity index (χ4n) is 4.89. The number of nitrogens with zero attached hydrogens (tertiary/aromatic N) is 2. The van der Waals surface area contributed by atoms with Gasteiger partial charge in [-0.25, -0.2) is 4.98 Å². The normalized spacial score (nSPS) is 17.3. The fourth-order valence-corrected chi connectivity index (χ4v) is 4.89. The molecule has 0 aliphatic carbocycles. The molecule has 2 aromatic heterocycles. The Bertz CT molecular complexity index is 1340. The number of rotatable bonds is 6. The minimum Gasteiger partial charge on any atom is -0.456 e. The van der Waals surface area contributed by atoms with E-state index in [9.17, 15) is 14.4 Å². The zero-order valence-electron chi connectivity index (χ0n) is 19.4. The number of aromatic nitrogens is 2. The molecule has 0 saturated carbocycles. The van der Waals surface area contributed by atoms with Crippen molar-refractivity contribution in [3.05, 3.63) is 63.4 Å². The highest BCUT2D eigenvalue weighted by Gasteiger charge is 2.28. The first-order valence-corrected chi connectivity index (χ1v) is 11.8. The van der Waals surface area contributed by atoms with Gasteiger partial charge < -0.3 is 19.9 Å². The first-order valence-electron chi connectivity index (χ1n) is 11.8. The quantitative estimate of drug-likeness (QED) is 0.429. The Morgan fingerprint density at radius 2 is 2.12 bits per heavy atom. The highest BCUT2D eigenvalue weighted by molar-refractivity contribution is 5.86. The van der Waals surface area contributed by atoms with Gasteiger partial charge in [0.1, 0.15) is 12.6 Å². The molecule has 8 nitrogen and oxygen atoms in total. The predicted molar refractivity (Wildman–Crippen MR) is 128 cm³/mol. The molecule has 0 spiro atoms. The maximum atomic E-state index is 13.2. The second kappa shape index (κ2) is 9.02. The Hall–Kier alpha value is -3.52. The minimum atomic E-state index is -0.586. The molecule has 2 N–H and O–H groups in total. The van der Waals surface area contributed by atoms with Gasteiger partial charge in [-0.15, -0.1) is 0 Å². The third kappa shape index (κ3) is 3.98. The summed E-state index contributed by atoms with van der Waals surface area (Å²) in [5, 5.41) is 6.80. The van der Waals surface area contributed by atoms with Crippen molar-refractivity contribution in [1.29, 1.82) is 0 Å². The smallest absolute Gasteiger partial charge is 0.326 e. The Labute approximate surface area is 197 Å². The van der Waals surface area contributed by atoms with E-state index in [-0.39, 0.29) is 24.1 Å². The van der Waals surface area contributed by atoms with Crippen molar-refractivity contribution in [2.45, 2.75) is 51.8 Å². The van der Waals surface area contributed by atoms with Gasteiger partial charge in [0.15, 0.2) is 0 Å². The topological polar surface area (TPSA) is 102 Å². The van der Waals surface area contributed by atoms with Gasteiger partial charge in [0.05, 0.1) is 29.5 Å². The lowest BCUT2D eigenvalue weighted by molar-refractivity contribution is -0.149. The molecule has 3 aromatic rings. The van der Waals surface area contributed by atoms with Crippen LogP contribution >= 0.6 is 0 Å². The standard InChI is InChI=1S/C26H28N4O4/c1-3-22(34-23(31)13-28-25(32)20-9-6-10-27-20)18-12-21-24-17(14-30(21)26(33)15(18)2)11-16-7-4-5-8-19(16)29-24/h4-5,7-8,11-12,20,22,27H,3,6,9-10,13-14H2,1-2H3,(H,28,32)/t20-,22+/m0/s1. The molecule has 34 heavy (non-hydrogen) atoms. The highest BCUT2D eigenvalue weighted by Crippen LogP contribution is 2.34. The van der Waals surface area contributed by atoms with Gasteiger partial charge in [-0.3, -0.25) is 14.4 Å². The summed E-state index contributed by atoms with van der Waals surface area (Å²) in [5.74, 6) is -0.716. The zero-order chi connectivity index (χ0) is 23.8. The van der Waals surface area contributed by atoms with Gasteiger partial charge in [-0.05, 0) is 50.9 Å². The number of esters is 1. The molecule has 0 radical (unpaired) electrons. The molecule has 2 aliphatic heterocycles. The van der Waals surface area contributed by atoms with E-state index in [1.807, 2.05) is 37.3 Å². The van der Waals surface area contributed by atoms with Gasteiger partial charge in [-0.1, -0.05) is 25.1 Å². The van der Waals surface area contributed by atoms with Gasteiger partial charge in [0.25, 0.3) is 5.56 Å². The van der Waals surface area contributed by atoms with Crippen molar-refractivity contribution in [2.75, 3.05) is 13.1 Å². The van der Waals surface area contributed by atoms with E-state index in [0.29, 0.717) is 24.1 Å². The fraction of sp³-hybridized carbons (Fsp3) is 0.385. The van der Waals surface area contributed by atoms with E-state index in [2.05, 4.69) is 16.7 Å². The molecule has 4 heterocycles. The van der Waals surface area contributed by atoms with Crippen molar-refractivity contribution in [3.8, 4) is 11.4 Å². The van der Waals surface area contributed by atoms with E-state index in [1.54, 1.807) is 11.5 Å². The third-order valence-corrected chi connectivity index (χ3v) is 6.73. The van der Waals surface area contributed by atoms with Crippen LogP contribution in [0.15, 0.2) is 41.2 Å². The monoisotopic (exact) mass is 460 g/mol. The summed E-state index contributed by atoms with van der Waals surface area (Å²) in [4.78, 5) is 42.8. The summed E-state index contributed by atoms with van der Waals surface area (Å²) in [7, 11) is 0. The van der Waals surface area contributed by atoms with Crippen LogP contribution in [0.5, 0.6) is 0 Å². The van der Waals surface area contributed by atoms with E-state index >= 15 is 0 Å². The molecule has 1 saturated heterocycles. The number of carbonyl (C=O) groups is 2. The summed E-state index contributed by atoms with van der Waals surface area (Å²) in [6.45, 7) is 4.75. The number of nitrogens with one attached hydrogen (secondary N) is 2. The third-order valence-electron chi connectivity index (χ3n) is 6.73. The molecule has 2 atom stereocenters. The second-order valence-electron chi connectivity index (χ2n) is 8.94. The van der Waals surface area contributed by atoms with Crippen molar-refractivity contribution in [2.24, 2.45) is 0 Å². The number of carbonyl (C=O) groups excluding carboxylic acids is 2. The summed E-state index contributed by atoms with van der Waals surface area (Å²) in [6, 6.07) is 11.6. The highest BCUT2D eigenvalue weighted by atomic mass is 16.5. The first kappa shape index (κ1) is 22.3. The maximum Gasteiger partial charge on any atom is 0.326 e. The number of hydrogen-bond acceptors (Lipinski definition) is 6. The molecule has 5 rings (SSSR count). The van der Waals surface area contributed by atoms with Gasteiger partial charge in [-0.2, -0.15) is 0 Å². The lowest BCUT2D eigenvalue weighted by atomic mass is 10.0. The molecular weight excluding hydrogens is 432 g/mol. The van der Waals surface area contributed by atoms with E-state index < -0.39 is 12.1 Å². The Balaban J connectivity index is 1.40. The van der Waals surface area contributed by atoms with Crippen molar-refractivity contribution in [3.63, 3.8) is 0 Å². The molecular formula is C26H28N4O4. The maximum absolute atomic E-state index is 13.2. The number of hydrogen-bond donors (Lipinski definition) is 2. The molecule has 176 valence electrons. The minimum absolute atomic E-state index is 0.107. The van der Waals surface area contributed by atoms with Gasteiger partial charge in [0, 0.05) is 22.1 Å². The molecule has 1 amide bonds. The Morgan fingerprint density at radius 1 is 1.29 bits per heavy atom. The first-order chi connectivity index (χ1) is 16.5. The van der Waals surface area contributed by atoms with E-state index in [0.717, 1.165) is 47.2 Å². The number of para-hydroxylation sites is 1. The number of fused-ring (bicyclic) bond motifs is 4. The second-order valence-corrected chi connectivity index (χ2v) is 8.94. The molecule has 1 fully saturated rings. The van der Waals surface area contributed by atoms with Gasteiger partial charge in [0.2, 0.25) is 5.91 Å². The average Bonchev–Trinajstić information content (AvgIpc) is 3.50. The van der Waals surface area contributed by atoms with Crippen molar-refractivity contribution >= 4 is 22.8 Å². The summed E-state index contributed by atoms with van der Waals surface area (Å²) < 4.78 is 7.44. The predicted octanol–water partition coefficient (Wildman–Crippen LogP) is 2.60. The van der Waals surface area contributed by atoms with Crippen LogP contribution < -0.4 is 16.2 Å². The van der Waals surface area contributed by atoms with Crippen LogP contribution in [0.2, 0.25) is 0 Å². The summed E-state index contributed by atoms with van der Waals surface area (Å²) in [5.41, 5.74) is 4.52. The van der Waals surface area contributed by atoms with Gasteiger partial charge >= 0.3 is 5.97 Å². The van der Waals surface area contributed by atoms with Crippen LogP contribution in [0.1, 0.15) is 49.0 Å². The molecule has 1 aromatic carbocycles. The number of ether oxygens (including phenoxy) is 1. The SMILES string of the molecule is CC[C@@H](OC(=O)CNC(=O)[C@@H]1CCCN1)c1cc2n(c(=O)c1C)Cc1cc3ccccc3nc1-2. The largest absolute Gasteiger partial charge is 0.456 e. The molecule has 2 aliphatic rings. The summed E-state index contributed by atoms with van der Waals surface area (Å²) in [6.07, 6.45) is 1.63. The Morgan fingerprint density at radius 3 is 2.88 bits per heavy atom. The van der Waals surface area contributed by atoms with Crippen LogP contribution in [-0.2, 0) is 20.9 Å². The van der Waals surface area contributed by atoms with Crippen LogP contribution in [0, 0.1) is 6.92 Å². The zero-order valence-corrected chi connectivity index (χ0v) is 19.4. The van der Waals surface area contributed by atoms with Crippen LogP contribution in [0.25, 0.3) is 22.3 Å². The van der Waals surface area contributed by atoms with E-state index in [1.165, 1.54) is 0 Å².